The van der Waals surface area contributed by atoms with Crippen LogP contribution in [0, 0.1) is 0 Å². The van der Waals surface area contributed by atoms with Gasteiger partial charge in [0.25, 0.3) is 0 Å². The first kappa shape index (κ1) is 16.2. The van der Waals surface area contributed by atoms with E-state index in [2.05, 4.69) is 0 Å². The highest BCUT2D eigenvalue weighted by atomic mass is 35.5. The number of rotatable bonds is 6. The van der Waals surface area contributed by atoms with Crippen molar-refractivity contribution in [2.24, 2.45) is 0 Å². The average molecular weight is 341 g/mol. The Labute approximate surface area is 136 Å². The maximum atomic E-state index is 12.2. The first-order valence-corrected chi connectivity index (χ1v) is 8.57. The van der Waals surface area contributed by atoms with Crippen molar-refractivity contribution < 1.29 is 9.00 Å². The summed E-state index contributed by atoms with van der Waals surface area (Å²) in [5, 5.41) is 0.797. The van der Waals surface area contributed by atoms with Crippen LogP contribution >= 0.6 is 23.2 Å². The van der Waals surface area contributed by atoms with Gasteiger partial charge in [-0.25, -0.2) is 0 Å². The minimum Gasteiger partial charge on any atom is -0.294 e. The summed E-state index contributed by atoms with van der Waals surface area (Å²) in [6, 6.07) is 14.1. The van der Waals surface area contributed by atoms with E-state index in [0.29, 0.717) is 39.1 Å². The Balaban J connectivity index is 1.92. The third kappa shape index (κ3) is 4.40. The van der Waals surface area contributed by atoms with Crippen LogP contribution in [0.25, 0.3) is 0 Å². The first-order valence-electron chi connectivity index (χ1n) is 6.50. The van der Waals surface area contributed by atoms with Crippen molar-refractivity contribution in [1.29, 1.82) is 0 Å². The van der Waals surface area contributed by atoms with Crippen LogP contribution in [-0.4, -0.2) is 15.7 Å². The molecule has 0 amide bonds. The Bertz CT molecular complexity index is 636. The molecule has 2 rings (SSSR count). The Morgan fingerprint density at radius 3 is 2.19 bits per heavy atom. The predicted molar refractivity (Wildman–Crippen MR) is 87.7 cm³/mol. The molecule has 0 saturated heterocycles. The molecule has 0 aliphatic carbocycles. The molecular formula is C16H14Cl2O2S. The number of hydrogen-bond acceptors (Lipinski definition) is 2. The van der Waals surface area contributed by atoms with Gasteiger partial charge in [-0.05, 0) is 18.6 Å². The highest BCUT2D eigenvalue weighted by Crippen LogP contribution is 2.28. The van der Waals surface area contributed by atoms with E-state index in [1.807, 2.05) is 18.2 Å². The Morgan fingerprint density at radius 1 is 0.952 bits per heavy atom. The molecule has 2 nitrogen and oxygen atoms in total. The molecule has 0 spiro atoms. The fourth-order valence-electron chi connectivity index (χ4n) is 1.93. The lowest BCUT2D eigenvalue weighted by molar-refractivity contribution is 0.0982. The van der Waals surface area contributed by atoms with E-state index >= 15 is 0 Å². The highest BCUT2D eigenvalue weighted by molar-refractivity contribution is 7.85. The number of ketones is 1. The number of halogens is 2. The highest BCUT2D eigenvalue weighted by Gasteiger charge is 2.13. The molecule has 21 heavy (non-hydrogen) atoms. The van der Waals surface area contributed by atoms with Gasteiger partial charge in [0.05, 0.1) is 25.7 Å². The van der Waals surface area contributed by atoms with E-state index in [-0.39, 0.29) is 5.78 Å². The normalized spacial score (nSPS) is 12.1. The summed E-state index contributed by atoms with van der Waals surface area (Å²) in [5.74, 6) is 0.417. The minimum absolute atomic E-state index is 0.0536. The van der Waals surface area contributed by atoms with Gasteiger partial charge < -0.3 is 0 Å². The number of carbonyl (C=O) groups excluding carboxylic acids is 1. The third-order valence-electron chi connectivity index (χ3n) is 2.98. The summed E-state index contributed by atoms with van der Waals surface area (Å²) in [6.07, 6.45) is 0.889. The van der Waals surface area contributed by atoms with Gasteiger partial charge in [0.15, 0.2) is 5.78 Å². The zero-order valence-electron chi connectivity index (χ0n) is 11.2. The van der Waals surface area contributed by atoms with Crippen molar-refractivity contribution in [3.05, 3.63) is 64.1 Å². The van der Waals surface area contributed by atoms with Crippen molar-refractivity contribution in [3.8, 4) is 0 Å². The summed E-state index contributed by atoms with van der Waals surface area (Å²) in [5.41, 5.74) is 0.680. The van der Waals surface area contributed by atoms with Crippen LogP contribution in [0.2, 0.25) is 10.0 Å². The fourth-order valence-corrected chi connectivity index (χ4v) is 4.03. The SMILES string of the molecule is O=C(CCCS(=O)c1c(Cl)cccc1Cl)c1ccccc1. The van der Waals surface area contributed by atoms with Crippen LogP contribution in [0.3, 0.4) is 0 Å². The van der Waals surface area contributed by atoms with Gasteiger partial charge in [-0.1, -0.05) is 59.6 Å². The van der Waals surface area contributed by atoms with Gasteiger partial charge in [-0.3, -0.25) is 9.00 Å². The molecule has 1 unspecified atom stereocenters. The molecule has 0 N–H and O–H groups in total. The van der Waals surface area contributed by atoms with Crippen LogP contribution in [0.4, 0.5) is 0 Å². The quantitative estimate of drug-likeness (QED) is 0.710. The summed E-state index contributed by atoms with van der Waals surface area (Å²) in [6.45, 7) is 0. The van der Waals surface area contributed by atoms with Crippen molar-refractivity contribution in [2.45, 2.75) is 17.7 Å². The maximum Gasteiger partial charge on any atom is 0.162 e. The molecule has 0 radical (unpaired) electrons. The van der Waals surface area contributed by atoms with E-state index in [4.69, 9.17) is 23.2 Å². The van der Waals surface area contributed by atoms with E-state index in [1.165, 1.54) is 0 Å². The van der Waals surface area contributed by atoms with Crippen molar-refractivity contribution in [3.63, 3.8) is 0 Å². The molecule has 5 heteroatoms. The summed E-state index contributed by atoms with van der Waals surface area (Å²) >= 11 is 12.0. The van der Waals surface area contributed by atoms with Crippen molar-refractivity contribution >= 4 is 39.8 Å². The van der Waals surface area contributed by atoms with Crippen molar-refractivity contribution in [1.82, 2.24) is 0 Å². The van der Waals surface area contributed by atoms with Gasteiger partial charge in [-0.15, -0.1) is 0 Å². The first-order chi connectivity index (χ1) is 10.1. The third-order valence-corrected chi connectivity index (χ3v) is 5.38. The Kier molecular flexibility index (Phi) is 5.97. The second-order valence-corrected chi connectivity index (χ2v) is 6.82. The minimum atomic E-state index is -1.30. The number of benzene rings is 2. The smallest absolute Gasteiger partial charge is 0.162 e. The standard InChI is InChI=1S/C16H14Cl2O2S/c17-13-8-4-9-14(18)16(13)21(20)11-5-10-15(19)12-6-2-1-3-7-12/h1-4,6-9H,5,10-11H2. The van der Waals surface area contributed by atoms with Gasteiger partial charge in [0, 0.05) is 17.7 Å². The average Bonchev–Trinajstić information content (AvgIpc) is 2.48. The second kappa shape index (κ2) is 7.74. The van der Waals surface area contributed by atoms with Crippen LogP contribution < -0.4 is 0 Å². The molecule has 110 valence electrons. The monoisotopic (exact) mass is 340 g/mol. The maximum absolute atomic E-state index is 12.2. The van der Waals surface area contributed by atoms with E-state index in [9.17, 15) is 9.00 Å². The van der Waals surface area contributed by atoms with Gasteiger partial charge in [0.2, 0.25) is 0 Å². The van der Waals surface area contributed by atoms with Gasteiger partial charge in [0.1, 0.15) is 0 Å². The Morgan fingerprint density at radius 2 is 1.57 bits per heavy atom. The molecule has 0 saturated carbocycles. The molecule has 2 aromatic carbocycles. The topological polar surface area (TPSA) is 34.1 Å². The molecular weight excluding hydrogens is 327 g/mol. The molecule has 0 fully saturated rings. The van der Waals surface area contributed by atoms with Gasteiger partial charge in [-0.2, -0.15) is 0 Å². The summed E-state index contributed by atoms with van der Waals surface area (Å²) in [7, 11) is -1.30. The number of carbonyl (C=O) groups is 1. The van der Waals surface area contributed by atoms with E-state index in [1.54, 1.807) is 30.3 Å². The molecule has 0 heterocycles. The van der Waals surface area contributed by atoms with E-state index < -0.39 is 10.8 Å². The molecule has 0 aliphatic heterocycles. The second-order valence-electron chi connectivity index (χ2n) is 4.49. The Hall–Kier alpha value is -1.16. The number of hydrogen-bond donors (Lipinski definition) is 0. The van der Waals surface area contributed by atoms with Crippen LogP contribution in [0.5, 0.6) is 0 Å². The lowest BCUT2D eigenvalue weighted by Gasteiger charge is -2.06. The molecule has 0 aromatic heterocycles. The zero-order chi connectivity index (χ0) is 15.2. The van der Waals surface area contributed by atoms with Crippen molar-refractivity contribution in [2.75, 3.05) is 5.75 Å². The molecule has 0 bridgehead atoms. The van der Waals surface area contributed by atoms with Crippen LogP contribution in [0.1, 0.15) is 23.2 Å². The fraction of sp³-hybridized carbons (Fsp3) is 0.188. The summed E-state index contributed by atoms with van der Waals surface area (Å²) < 4.78 is 12.2. The van der Waals surface area contributed by atoms with Gasteiger partial charge >= 0.3 is 0 Å². The van der Waals surface area contributed by atoms with Crippen LogP contribution in [0.15, 0.2) is 53.4 Å². The summed E-state index contributed by atoms with van der Waals surface area (Å²) in [4.78, 5) is 12.4. The molecule has 0 aliphatic rings. The van der Waals surface area contributed by atoms with Crippen LogP contribution in [-0.2, 0) is 10.8 Å². The molecule has 1 atom stereocenters. The lowest BCUT2D eigenvalue weighted by atomic mass is 10.1. The zero-order valence-corrected chi connectivity index (χ0v) is 13.5. The number of Topliss-reactive ketones (excluding diaryl/α,β-unsaturated/α-hetero) is 1. The predicted octanol–water partition coefficient (Wildman–Crippen LogP) is 4.76. The largest absolute Gasteiger partial charge is 0.294 e. The molecule has 2 aromatic rings. The lowest BCUT2D eigenvalue weighted by Crippen LogP contribution is -2.04. The van der Waals surface area contributed by atoms with E-state index in [0.717, 1.165) is 0 Å².